The van der Waals surface area contributed by atoms with Gasteiger partial charge in [-0.05, 0) is 17.5 Å². The molecule has 0 bridgehead atoms. The lowest BCUT2D eigenvalue weighted by Crippen LogP contribution is -1.86. The molecule has 0 N–H and O–H groups in total. The van der Waals surface area contributed by atoms with Crippen molar-refractivity contribution < 1.29 is 4.42 Å². The second-order valence-corrected chi connectivity index (χ2v) is 3.58. The number of para-hydroxylation sites is 1. The van der Waals surface area contributed by atoms with Gasteiger partial charge in [-0.15, -0.1) is 0 Å². The Morgan fingerprint density at radius 2 is 2.08 bits per heavy atom. The first-order valence-electron chi connectivity index (χ1n) is 4.54. The third-order valence-electron chi connectivity index (χ3n) is 2.17. The van der Waals surface area contributed by atoms with Crippen molar-refractivity contribution in [2.45, 2.75) is 26.7 Å². The average molecular weight is 175 g/mol. The zero-order valence-electron chi connectivity index (χ0n) is 8.16. The highest BCUT2D eigenvalue weighted by molar-refractivity contribution is 5.76. The van der Waals surface area contributed by atoms with Crippen molar-refractivity contribution >= 4 is 11.1 Å². The van der Waals surface area contributed by atoms with Gasteiger partial charge in [0.2, 0.25) is 0 Å². The summed E-state index contributed by atoms with van der Waals surface area (Å²) in [7, 11) is 0. The maximum atomic E-state index is 5.55. The second kappa shape index (κ2) is 2.87. The standard InChI is InChI=1S/C11H13NO/c1-7(2)9-5-4-6-10-11(9)13-8(3)12-10/h4-7H,1-3H3. The fourth-order valence-electron chi connectivity index (χ4n) is 1.54. The van der Waals surface area contributed by atoms with Crippen LogP contribution in [-0.2, 0) is 0 Å². The third kappa shape index (κ3) is 1.32. The molecule has 0 atom stereocenters. The summed E-state index contributed by atoms with van der Waals surface area (Å²) in [5.41, 5.74) is 3.14. The van der Waals surface area contributed by atoms with E-state index in [-0.39, 0.29) is 0 Å². The summed E-state index contributed by atoms with van der Waals surface area (Å²) in [5, 5.41) is 0. The molecule has 0 saturated heterocycles. The first kappa shape index (κ1) is 8.30. The van der Waals surface area contributed by atoms with Crippen molar-refractivity contribution in [2.75, 3.05) is 0 Å². The van der Waals surface area contributed by atoms with E-state index in [1.54, 1.807) is 0 Å². The van der Waals surface area contributed by atoms with Crippen molar-refractivity contribution in [2.24, 2.45) is 0 Å². The minimum Gasteiger partial charge on any atom is -0.441 e. The molecule has 0 radical (unpaired) electrons. The Balaban J connectivity index is 2.75. The molecule has 2 nitrogen and oxygen atoms in total. The summed E-state index contributed by atoms with van der Waals surface area (Å²) in [6.45, 7) is 6.20. The van der Waals surface area contributed by atoms with Crippen LogP contribution in [-0.4, -0.2) is 4.98 Å². The lowest BCUT2D eigenvalue weighted by atomic mass is 10.0. The predicted molar refractivity (Wildman–Crippen MR) is 52.8 cm³/mol. The van der Waals surface area contributed by atoms with Gasteiger partial charge < -0.3 is 4.42 Å². The fourth-order valence-corrected chi connectivity index (χ4v) is 1.54. The number of benzene rings is 1. The summed E-state index contributed by atoms with van der Waals surface area (Å²) >= 11 is 0. The molecule has 1 aromatic heterocycles. The molecule has 0 amide bonds. The highest BCUT2D eigenvalue weighted by Gasteiger charge is 2.09. The monoisotopic (exact) mass is 175 g/mol. The minimum atomic E-state index is 0.482. The van der Waals surface area contributed by atoms with E-state index in [1.165, 1.54) is 5.56 Å². The molecule has 0 aliphatic heterocycles. The van der Waals surface area contributed by atoms with Crippen LogP contribution >= 0.6 is 0 Å². The van der Waals surface area contributed by atoms with Gasteiger partial charge in [0.1, 0.15) is 5.52 Å². The topological polar surface area (TPSA) is 26.0 Å². The van der Waals surface area contributed by atoms with Crippen LogP contribution in [0.5, 0.6) is 0 Å². The van der Waals surface area contributed by atoms with Crippen LogP contribution in [0.25, 0.3) is 11.1 Å². The molecular weight excluding hydrogens is 162 g/mol. The molecule has 2 heteroatoms. The molecule has 1 heterocycles. The number of nitrogens with zero attached hydrogens (tertiary/aromatic N) is 1. The van der Waals surface area contributed by atoms with Crippen molar-refractivity contribution in [1.29, 1.82) is 0 Å². The molecule has 0 aliphatic rings. The number of hydrogen-bond acceptors (Lipinski definition) is 2. The Kier molecular flexibility index (Phi) is 1.83. The quantitative estimate of drug-likeness (QED) is 0.664. The number of oxazole rings is 1. The molecule has 68 valence electrons. The summed E-state index contributed by atoms with van der Waals surface area (Å²) in [5.74, 6) is 1.22. The van der Waals surface area contributed by atoms with Crippen LogP contribution in [0.1, 0.15) is 31.2 Å². The smallest absolute Gasteiger partial charge is 0.192 e. The van der Waals surface area contributed by atoms with Gasteiger partial charge in [0.15, 0.2) is 11.5 Å². The van der Waals surface area contributed by atoms with E-state index in [9.17, 15) is 0 Å². The van der Waals surface area contributed by atoms with Gasteiger partial charge in [-0.3, -0.25) is 0 Å². The van der Waals surface area contributed by atoms with Crippen LogP contribution in [0.4, 0.5) is 0 Å². The maximum Gasteiger partial charge on any atom is 0.192 e. The number of aryl methyl sites for hydroxylation is 1. The Labute approximate surface area is 77.6 Å². The second-order valence-electron chi connectivity index (χ2n) is 3.58. The molecule has 0 spiro atoms. The van der Waals surface area contributed by atoms with Gasteiger partial charge in [-0.1, -0.05) is 26.0 Å². The average Bonchev–Trinajstić information content (AvgIpc) is 2.43. The Bertz CT molecular complexity index is 429. The SMILES string of the molecule is Cc1nc2cccc(C(C)C)c2o1. The number of rotatable bonds is 1. The number of aromatic nitrogens is 1. The van der Waals surface area contributed by atoms with Crippen LogP contribution in [0, 0.1) is 6.92 Å². The van der Waals surface area contributed by atoms with E-state index in [0.717, 1.165) is 17.0 Å². The van der Waals surface area contributed by atoms with Crippen molar-refractivity contribution in [1.82, 2.24) is 4.98 Å². The maximum absolute atomic E-state index is 5.55. The molecule has 2 rings (SSSR count). The molecule has 1 aromatic carbocycles. The molecule has 0 unspecified atom stereocenters. The van der Waals surface area contributed by atoms with Crippen molar-refractivity contribution in [3.8, 4) is 0 Å². The first-order valence-corrected chi connectivity index (χ1v) is 4.54. The predicted octanol–water partition coefficient (Wildman–Crippen LogP) is 3.26. The number of hydrogen-bond donors (Lipinski definition) is 0. The van der Waals surface area contributed by atoms with Gasteiger partial charge in [-0.2, -0.15) is 0 Å². The van der Waals surface area contributed by atoms with Crippen LogP contribution in [0.3, 0.4) is 0 Å². The highest BCUT2D eigenvalue weighted by atomic mass is 16.3. The van der Waals surface area contributed by atoms with Gasteiger partial charge in [0.05, 0.1) is 0 Å². The fraction of sp³-hybridized carbons (Fsp3) is 0.364. The first-order chi connectivity index (χ1) is 6.18. The van der Waals surface area contributed by atoms with Gasteiger partial charge in [-0.25, -0.2) is 4.98 Å². The summed E-state index contributed by atoms with van der Waals surface area (Å²) in [4.78, 5) is 4.29. The molecular formula is C11H13NO. The zero-order chi connectivity index (χ0) is 9.42. The minimum absolute atomic E-state index is 0.482. The van der Waals surface area contributed by atoms with Crippen molar-refractivity contribution in [3.63, 3.8) is 0 Å². The summed E-state index contributed by atoms with van der Waals surface area (Å²) in [6, 6.07) is 6.11. The zero-order valence-corrected chi connectivity index (χ0v) is 8.16. The van der Waals surface area contributed by atoms with Gasteiger partial charge in [0, 0.05) is 6.92 Å². The van der Waals surface area contributed by atoms with Crippen LogP contribution < -0.4 is 0 Å². The van der Waals surface area contributed by atoms with Crippen LogP contribution in [0.2, 0.25) is 0 Å². The largest absolute Gasteiger partial charge is 0.441 e. The lowest BCUT2D eigenvalue weighted by molar-refractivity contribution is 0.555. The number of fused-ring (bicyclic) bond motifs is 1. The van der Waals surface area contributed by atoms with Gasteiger partial charge >= 0.3 is 0 Å². The third-order valence-corrected chi connectivity index (χ3v) is 2.17. The van der Waals surface area contributed by atoms with E-state index in [1.807, 2.05) is 19.1 Å². The van der Waals surface area contributed by atoms with E-state index in [4.69, 9.17) is 4.42 Å². The van der Waals surface area contributed by atoms with Crippen LogP contribution in [0.15, 0.2) is 22.6 Å². The normalized spacial score (nSPS) is 11.4. The summed E-state index contributed by atoms with van der Waals surface area (Å²) < 4.78 is 5.55. The Morgan fingerprint density at radius 3 is 2.77 bits per heavy atom. The van der Waals surface area contributed by atoms with E-state index in [2.05, 4.69) is 24.9 Å². The molecule has 2 aromatic rings. The lowest BCUT2D eigenvalue weighted by Gasteiger charge is -2.03. The van der Waals surface area contributed by atoms with E-state index >= 15 is 0 Å². The molecule has 0 saturated carbocycles. The van der Waals surface area contributed by atoms with E-state index < -0.39 is 0 Å². The highest BCUT2D eigenvalue weighted by Crippen LogP contribution is 2.25. The van der Waals surface area contributed by atoms with E-state index in [0.29, 0.717) is 5.92 Å². The molecule has 13 heavy (non-hydrogen) atoms. The molecule has 0 fully saturated rings. The Morgan fingerprint density at radius 1 is 1.31 bits per heavy atom. The molecule has 0 aliphatic carbocycles. The Hall–Kier alpha value is -1.31. The van der Waals surface area contributed by atoms with Gasteiger partial charge in [0.25, 0.3) is 0 Å². The summed E-state index contributed by atoms with van der Waals surface area (Å²) in [6.07, 6.45) is 0. The van der Waals surface area contributed by atoms with Crippen molar-refractivity contribution in [3.05, 3.63) is 29.7 Å².